The van der Waals surface area contributed by atoms with E-state index >= 15 is 0 Å². The molecule has 0 saturated heterocycles. The third-order valence-corrected chi connectivity index (χ3v) is 11.4. The first-order valence-electron chi connectivity index (χ1n) is 17.0. The molecule has 2 aromatic carbocycles. The van der Waals surface area contributed by atoms with Crippen molar-refractivity contribution in [3.05, 3.63) is 53.6 Å². The number of rotatable bonds is 23. The molecule has 0 N–H and O–H groups in total. The van der Waals surface area contributed by atoms with E-state index in [1.807, 2.05) is 0 Å². The van der Waals surface area contributed by atoms with Gasteiger partial charge in [0.05, 0.1) is 0 Å². The van der Waals surface area contributed by atoms with Gasteiger partial charge in [0.2, 0.25) is 0 Å². The van der Waals surface area contributed by atoms with Gasteiger partial charge in [-0.15, -0.1) is 0 Å². The van der Waals surface area contributed by atoms with Gasteiger partial charge in [-0.2, -0.15) is 0 Å². The van der Waals surface area contributed by atoms with Crippen molar-refractivity contribution < 1.29 is 4.74 Å². The number of thiol groups is 1. The molecule has 1 aliphatic rings. The molecule has 220 valence electrons. The van der Waals surface area contributed by atoms with E-state index in [4.69, 9.17) is 4.74 Å². The lowest BCUT2D eigenvalue weighted by atomic mass is 10.0. The minimum Gasteiger partial charge on any atom is -0.457 e. The van der Waals surface area contributed by atoms with E-state index in [0.717, 1.165) is 17.9 Å². The van der Waals surface area contributed by atoms with Gasteiger partial charge < -0.3 is 4.74 Å². The van der Waals surface area contributed by atoms with Crippen LogP contribution in [0.1, 0.15) is 153 Å². The molecule has 39 heavy (non-hydrogen) atoms. The SMILES string of the molecule is CCCCCCCCCCCC[SH](CCCCCCCCCCCC)c1cccc2c1Cc1ccccc1O2. The van der Waals surface area contributed by atoms with Crippen molar-refractivity contribution in [2.24, 2.45) is 0 Å². The van der Waals surface area contributed by atoms with Crippen molar-refractivity contribution in [1.82, 2.24) is 0 Å². The highest BCUT2D eigenvalue weighted by Crippen LogP contribution is 2.47. The molecule has 0 saturated carbocycles. The fourth-order valence-corrected chi connectivity index (χ4v) is 8.90. The van der Waals surface area contributed by atoms with Crippen LogP contribution in [0.15, 0.2) is 47.4 Å². The molecule has 0 aliphatic carbocycles. The summed E-state index contributed by atoms with van der Waals surface area (Å²) < 4.78 is 6.39. The highest BCUT2D eigenvalue weighted by molar-refractivity contribution is 8.17. The summed E-state index contributed by atoms with van der Waals surface area (Å²) >= 11 is 0. The predicted octanol–water partition coefficient (Wildman–Crippen LogP) is 12.6. The Hall–Kier alpha value is -1.41. The second-order valence-corrected chi connectivity index (χ2v) is 14.4. The third-order valence-electron chi connectivity index (χ3n) is 8.57. The van der Waals surface area contributed by atoms with Crippen LogP contribution in [0, 0.1) is 0 Å². The van der Waals surface area contributed by atoms with Gasteiger partial charge in [-0.1, -0.05) is 154 Å². The van der Waals surface area contributed by atoms with Gasteiger partial charge in [0.1, 0.15) is 11.5 Å². The zero-order valence-electron chi connectivity index (χ0n) is 25.7. The van der Waals surface area contributed by atoms with E-state index in [1.165, 1.54) is 151 Å². The summed E-state index contributed by atoms with van der Waals surface area (Å²) in [5.74, 6) is 4.98. The van der Waals surface area contributed by atoms with Crippen LogP contribution in [-0.2, 0) is 6.42 Å². The number of ether oxygens (including phenoxy) is 1. The van der Waals surface area contributed by atoms with Crippen molar-refractivity contribution in [3.63, 3.8) is 0 Å². The fraction of sp³-hybridized carbons (Fsp3) is 0.676. The average Bonchev–Trinajstić information content (AvgIpc) is 2.96. The quantitative estimate of drug-likeness (QED) is 0.0909. The zero-order valence-corrected chi connectivity index (χ0v) is 26.6. The van der Waals surface area contributed by atoms with Gasteiger partial charge in [0.25, 0.3) is 0 Å². The molecular formula is C37H60OS. The number of hydrogen-bond acceptors (Lipinski definition) is 1. The van der Waals surface area contributed by atoms with Crippen LogP contribution in [0.25, 0.3) is 0 Å². The smallest absolute Gasteiger partial charge is 0.132 e. The van der Waals surface area contributed by atoms with Gasteiger partial charge >= 0.3 is 0 Å². The molecule has 0 radical (unpaired) electrons. The van der Waals surface area contributed by atoms with E-state index in [2.05, 4.69) is 56.3 Å². The molecule has 0 unspecified atom stereocenters. The standard InChI is InChI=1S/C37H60OS/c1-3-5-7-9-11-13-15-17-19-23-30-39(31-24-20-18-16-14-12-10-8-6-4-2)37-29-25-28-36-34(37)32-33-26-21-22-27-35(33)38-36/h21-22,25-29,39H,3-20,23-24,30-32H2,1-2H3. The van der Waals surface area contributed by atoms with Gasteiger partial charge in [-0.25, -0.2) is 10.9 Å². The molecule has 1 aliphatic heterocycles. The van der Waals surface area contributed by atoms with Crippen LogP contribution in [-0.4, -0.2) is 11.5 Å². The molecule has 0 bridgehead atoms. The summed E-state index contributed by atoms with van der Waals surface area (Å²) in [6.07, 6.45) is 29.5. The Morgan fingerprint density at radius 1 is 0.513 bits per heavy atom. The average molecular weight is 553 g/mol. The Morgan fingerprint density at radius 2 is 0.974 bits per heavy atom. The summed E-state index contributed by atoms with van der Waals surface area (Å²) in [6, 6.07) is 15.5. The topological polar surface area (TPSA) is 9.23 Å². The summed E-state index contributed by atoms with van der Waals surface area (Å²) in [6.45, 7) is 4.62. The third kappa shape index (κ3) is 12.3. The normalized spacial score (nSPS) is 12.6. The monoisotopic (exact) mass is 552 g/mol. The van der Waals surface area contributed by atoms with E-state index in [1.54, 1.807) is 4.90 Å². The van der Waals surface area contributed by atoms with Crippen LogP contribution in [0.2, 0.25) is 0 Å². The number of unbranched alkanes of at least 4 members (excludes halogenated alkanes) is 18. The second-order valence-electron chi connectivity index (χ2n) is 12.0. The lowest BCUT2D eigenvalue weighted by Crippen LogP contribution is -2.07. The molecule has 2 aromatic rings. The molecule has 1 nitrogen and oxygen atoms in total. The molecule has 0 atom stereocenters. The lowest BCUT2D eigenvalue weighted by molar-refractivity contribution is 0.457. The molecule has 1 heterocycles. The van der Waals surface area contributed by atoms with Gasteiger partial charge in [0, 0.05) is 12.0 Å². The molecule has 0 fully saturated rings. The van der Waals surface area contributed by atoms with Crippen LogP contribution >= 0.6 is 10.9 Å². The largest absolute Gasteiger partial charge is 0.457 e. The molecule has 3 rings (SSSR count). The molecule has 0 amide bonds. The Bertz CT molecular complexity index is 867. The Kier molecular flexibility index (Phi) is 16.8. The van der Waals surface area contributed by atoms with Crippen LogP contribution in [0.3, 0.4) is 0 Å². The van der Waals surface area contributed by atoms with Crippen molar-refractivity contribution in [3.8, 4) is 11.5 Å². The Balaban J connectivity index is 1.46. The lowest BCUT2D eigenvalue weighted by Gasteiger charge is -2.29. The minimum absolute atomic E-state index is 0.109. The minimum atomic E-state index is -0.109. The maximum absolute atomic E-state index is 6.39. The summed E-state index contributed by atoms with van der Waals surface area (Å²) in [5.41, 5.74) is 2.84. The summed E-state index contributed by atoms with van der Waals surface area (Å²) in [4.78, 5) is 1.64. The number of para-hydroxylation sites is 1. The van der Waals surface area contributed by atoms with Crippen molar-refractivity contribution in [2.75, 3.05) is 11.5 Å². The highest BCUT2D eigenvalue weighted by atomic mass is 32.2. The number of hydrogen-bond donors (Lipinski definition) is 1. The van der Waals surface area contributed by atoms with E-state index < -0.39 is 0 Å². The molecular weight excluding hydrogens is 492 g/mol. The maximum atomic E-state index is 6.39. The highest BCUT2D eigenvalue weighted by Gasteiger charge is 2.22. The first-order chi connectivity index (χ1) is 19.3. The number of benzene rings is 2. The summed E-state index contributed by atoms with van der Waals surface area (Å²) in [7, 11) is -0.109. The predicted molar refractivity (Wildman–Crippen MR) is 176 cm³/mol. The maximum Gasteiger partial charge on any atom is 0.132 e. The molecule has 0 spiro atoms. The van der Waals surface area contributed by atoms with Gasteiger partial charge in [-0.05, 0) is 53.0 Å². The van der Waals surface area contributed by atoms with Crippen molar-refractivity contribution >= 4 is 10.9 Å². The first kappa shape index (κ1) is 32.1. The fourth-order valence-electron chi connectivity index (χ4n) is 6.11. The van der Waals surface area contributed by atoms with Gasteiger partial charge in [0.15, 0.2) is 0 Å². The zero-order chi connectivity index (χ0) is 27.4. The summed E-state index contributed by atoms with van der Waals surface area (Å²) in [5, 5.41) is 0. The van der Waals surface area contributed by atoms with Crippen molar-refractivity contribution in [2.45, 2.75) is 154 Å². The van der Waals surface area contributed by atoms with Crippen LogP contribution in [0.5, 0.6) is 11.5 Å². The van der Waals surface area contributed by atoms with Crippen molar-refractivity contribution in [1.29, 1.82) is 0 Å². The number of fused-ring (bicyclic) bond motifs is 2. The molecule has 2 heteroatoms. The van der Waals surface area contributed by atoms with E-state index in [-0.39, 0.29) is 10.9 Å². The Morgan fingerprint density at radius 3 is 1.51 bits per heavy atom. The Labute approximate surface area is 245 Å². The van der Waals surface area contributed by atoms with E-state index in [0.29, 0.717) is 0 Å². The van der Waals surface area contributed by atoms with Gasteiger partial charge in [-0.3, -0.25) is 0 Å². The molecule has 0 aromatic heterocycles. The first-order valence-corrected chi connectivity index (χ1v) is 18.7. The van der Waals surface area contributed by atoms with Crippen LogP contribution in [0.4, 0.5) is 0 Å². The second kappa shape index (κ2) is 20.5. The van der Waals surface area contributed by atoms with Crippen LogP contribution < -0.4 is 4.74 Å². The van der Waals surface area contributed by atoms with E-state index in [9.17, 15) is 0 Å².